The highest BCUT2D eigenvalue weighted by molar-refractivity contribution is 5.96. The predicted molar refractivity (Wildman–Crippen MR) is 114 cm³/mol. The molecule has 1 heterocycles. The van der Waals surface area contributed by atoms with Crippen LogP contribution >= 0.6 is 0 Å². The fourth-order valence-corrected chi connectivity index (χ4v) is 4.82. The van der Waals surface area contributed by atoms with Crippen LogP contribution < -0.4 is 15.4 Å². The van der Waals surface area contributed by atoms with Gasteiger partial charge in [0.25, 0.3) is 0 Å². The van der Waals surface area contributed by atoms with Gasteiger partial charge in [-0.05, 0) is 68.6 Å². The maximum Gasteiger partial charge on any atom is 0.321 e. The Balaban J connectivity index is 1.40. The Morgan fingerprint density at radius 2 is 1.79 bits per heavy atom. The lowest BCUT2D eigenvalue weighted by molar-refractivity contribution is -0.120. The van der Waals surface area contributed by atoms with Crippen molar-refractivity contribution in [2.45, 2.75) is 64.2 Å². The first-order valence-electron chi connectivity index (χ1n) is 11.1. The van der Waals surface area contributed by atoms with Crippen LogP contribution in [-0.2, 0) is 4.79 Å². The van der Waals surface area contributed by atoms with Crippen LogP contribution in [0.2, 0.25) is 0 Å². The van der Waals surface area contributed by atoms with Gasteiger partial charge in [-0.15, -0.1) is 0 Å². The lowest BCUT2D eigenvalue weighted by atomic mass is 9.88. The normalized spacial score (nSPS) is 21.3. The van der Waals surface area contributed by atoms with Gasteiger partial charge in [-0.1, -0.05) is 19.3 Å². The number of ether oxygens (including phenoxy) is 1. The van der Waals surface area contributed by atoms with Crippen molar-refractivity contribution in [3.05, 3.63) is 18.2 Å². The van der Waals surface area contributed by atoms with E-state index in [1.165, 1.54) is 25.7 Å². The molecule has 0 aromatic heterocycles. The molecule has 0 radical (unpaired) electrons. The fraction of sp³-hybridized carbons (Fsp3) is 0.652. The molecule has 0 bridgehead atoms. The first-order valence-corrected chi connectivity index (χ1v) is 11.1. The van der Waals surface area contributed by atoms with Crippen LogP contribution in [0, 0.1) is 11.3 Å². The zero-order valence-electron chi connectivity index (χ0n) is 17.5. The minimum absolute atomic E-state index is 0.0497. The number of nitrogens with zero attached hydrogens (tertiary/aromatic N) is 1. The average Bonchev–Trinajstić information content (AvgIpc) is 3.54. The maximum atomic E-state index is 12.8. The quantitative estimate of drug-likeness (QED) is 0.747. The van der Waals surface area contributed by atoms with Crippen LogP contribution in [0.3, 0.4) is 0 Å². The van der Waals surface area contributed by atoms with Crippen molar-refractivity contribution in [3.63, 3.8) is 0 Å². The molecule has 6 nitrogen and oxygen atoms in total. The van der Waals surface area contributed by atoms with Crippen molar-refractivity contribution in [3.8, 4) is 5.75 Å². The number of rotatable bonds is 4. The molecule has 4 rings (SSSR count). The SMILES string of the molecule is COc1ccc(NC(=O)N2CCCC3(CC2)CC3)cc1NC(=O)C1CCCCC1. The van der Waals surface area contributed by atoms with Gasteiger partial charge in [0, 0.05) is 24.7 Å². The highest BCUT2D eigenvalue weighted by Gasteiger charge is 2.43. The Labute approximate surface area is 173 Å². The molecule has 3 aliphatic rings. The van der Waals surface area contributed by atoms with Gasteiger partial charge in [-0.25, -0.2) is 4.79 Å². The van der Waals surface area contributed by atoms with Gasteiger partial charge in [-0.3, -0.25) is 4.79 Å². The highest BCUT2D eigenvalue weighted by Crippen LogP contribution is 2.53. The van der Waals surface area contributed by atoms with E-state index >= 15 is 0 Å². The first-order chi connectivity index (χ1) is 14.1. The van der Waals surface area contributed by atoms with E-state index in [4.69, 9.17) is 4.74 Å². The summed E-state index contributed by atoms with van der Waals surface area (Å²) in [6.45, 7) is 1.64. The molecular formula is C23H33N3O3. The second kappa shape index (κ2) is 8.64. The first kappa shape index (κ1) is 20.0. The van der Waals surface area contributed by atoms with E-state index in [1.807, 2.05) is 11.0 Å². The zero-order chi connectivity index (χ0) is 20.3. The lowest BCUT2D eigenvalue weighted by Gasteiger charge is -2.23. The van der Waals surface area contributed by atoms with Crippen LogP contribution in [0.1, 0.15) is 64.2 Å². The van der Waals surface area contributed by atoms with Crippen LogP contribution in [0.25, 0.3) is 0 Å². The van der Waals surface area contributed by atoms with Crippen molar-refractivity contribution in [1.82, 2.24) is 4.90 Å². The summed E-state index contributed by atoms with van der Waals surface area (Å²) in [6, 6.07) is 5.37. The minimum atomic E-state index is -0.0579. The summed E-state index contributed by atoms with van der Waals surface area (Å²) in [4.78, 5) is 27.4. The van der Waals surface area contributed by atoms with E-state index in [9.17, 15) is 9.59 Å². The third kappa shape index (κ3) is 4.85. The Bertz CT molecular complexity index is 754. The average molecular weight is 400 g/mol. The highest BCUT2D eigenvalue weighted by atomic mass is 16.5. The maximum absolute atomic E-state index is 12.8. The van der Waals surface area contributed by atoms with Gasteiger partial charge in [-0.2, -0.15) is 0 Å². The molecule has 158 valence electrons. The minimum Gasteiger partial charge on any atom is -0.495 e. The predicted octanol–water partition coefficient (Wildman–Crippen LogP) is 5.01. The molecule has 2 N–H and O–H groups in total. The van der Waals surface area contributed by atoms with Crippen molar-refractivity contribution in [2.75, 3.05) is 30.8 Å². The molecule has 1 aromatic carbocycles. The number of urea groups is 1. The largest absolute Gasteiger partial charge is 0.495 e. The molecule has 3 fully saturated rings. The van der Waals surface area contributed by atoms with Crippen molar-refractivity contribution >= 4 is 23.3 Å². The van der Waals surface area contributed by atoms with Crippen molar-refractivity contribution < 1.29 is 14.3 Å². The number of carbonyl (C=O) groups excluding carboxylic acids is 2. The van der Waals surface area contributed by atoms with Crippen LogP contribution in [-0.4, -0.2) is 37.0 Å². The van der Waals surface area contributed by atoms with E-state index in [2.05, 4.69) is 10.6 Å². The van der Waals surface area contributed by atoms with E-state index < -0.39 is 0 Å². The molecule has 2 aliphatic carbocycles. The fourth-order valence-electron chi connectivity index (χ4n) is 4.82. The van der Waals surface area contributed by atoms with Gasteiger partial charge in [0.1, 0.15) is 5.75 Å². The second-order valence-corrected chi connectivity index (χ2v) is 9.01. The zero-order valence-corrected chi connectivity index (χ0v) is 17.5. The number of anilines is 2. The Hall–Kier alpha value is -2.24. The summed E-state index contributed by atoms with van der Waals surface area (Å²) >= 11 is 0. The summed E-state index contributed by atoms with van der Waals surface area (Å²) < 4.78 is 5.42. The molecular weight excluding hydrogens is 366 g/mol. The van der Waals surface area contributed by atoms with Gasteiger partial charge < -0.3 is 20.3 Å². The molecule has 6 heteroatoms. The number of likely N-dealkylation sites (tertiary alicyclic amines) is 1. The van der Waals surface area contributed by atoms with E-state index in [1.54, 1.807) is 19.2 Å². The molecule has 3 amide bonds. The van der Waals surface area contributed by atoms with Gasteiger partial charge in [0.2, 0.25) is 5.91 Å². The van der Waals surface area contributed by atoms with Gasteiger partial charge >= 0.3 is 6.03 Å². The number of hydrogen-bond donors (Lipinski definition) is 2. The van der Waals surface area contributed by atoms with Gasteiger partial charge in [0.15, 0.2) is 0 Å². The molecule has 1 spiro atoms. The van der Waals surface area contributed by atoms with Gasteiger partial charge in [0.05, 0.1) is 12.8 Å². The number of nitrogens with one attached hydrogen (secondary N) is 2. The van der Waals surface area contributed by atoms with Crippen molar-refractivity contribution in [2.24, 2.45) is 11.3 Å². The van der Waals surface area contributed by atoms with E-state index in [0.717, 1.165) is 51.6 Å². The summed E-state index contributed by atoms with van der Waals surface area (Å²) in [7, 11) is 1.59. The standard InChI is InChI=1S/C23H33N3O3/c1-29-20-9-8-18(16-19(20)25-21(27)17-6-3-2-4-7-17)24-22(28)26-14-5-10-23(11-12-23)13-15-26/h8-9,16-17H,2-7,10-15H2,1H3,(H,24,28)(H,25,27). The molecule has 0 atom stereocenters. The molecule has 0 unspecified atom stereocenters. The molecule has 1 saturated heterocycles. The Kier molecular flexibility index (Phi) is 5.97. The van der Waals surface area contributed by atoms with Crippen molar-refractivity contribution in [1.29, 1.82) is 0 Å². The molecule has 29 heavy (non-hydrogen) atoms. The monoisotopic (exact) mass is 399 g/mol. The Morgan fingerprint density at radius 3 is 2.52 bits per heavy atom. The molecule has 2 saturated carbocycles. The number of methoxy groups -OCH3 is 1. The molecule has 1 aromatic rings. The van der Waals surface area contributed by atoms with E-state index in [-0.39, 0.29) is 17.9 Å². The summed E-state index contributed by atoms with van der Waals surface area (Å²) in [5.74, 6) is 0.727. The number of carbonyl (C=O) groups is 2. The number of hydrogen-bond acceptors (Lipinski definition) is 3. The molecule has 1 aliphatic heterocycles. The van der Waals surface area contributed by atoms with Crippen LogP contribution in [0.4, 0.5) is 16.2 Å². The topological polar surface area (TPSA) is 70.7 Å². The summed E-state index contributed by atoms with van der Waals surface area (Å²) in [5.41, 5.74) is 1.83. The third-order valence-electron chi connectivity index (χ3n) is 6.98. The summed E-state index contributed by atoms with van der Waals surface area (Å²) in [5, 5.41) is 6.04. The van der Waals surface area contributed by atoms with Crippen LogP contribution in [0.15, 0.2) is 18.2 Å². The van der Waals surface area contributed by atoms with Crippen LogP contribution in [0.5, 0.6) is 5.75 Å². The number of benzene rings is 1. The number of amides is 3. The smallest absolute Gasteiger partial charge is 0.321 e. The Morgan fingerprint density at radius 1 is 1.00 bits per heavy atom. The van der Waals surface area contributed by atoms with E-state index in [0.29, 0.717) is 22.5 Å². The lowest BCUT2D eigenvalue weighted by Crippen LogP contribution is -2.35. The second-order valence-electron chi connectivity index (χ2n) is 9.01. The third-order valence-corrected chi connectivity index (χ3v) is 6.98. The summed E-state index contributed by atoms with van der Waals surface area (Å²) in [6.07, 6.45) is 11.4.